The van der Waals surface area contributed by atoms with Gasteiger partial charge in [0.1, 0.15) is 0 Å². The minimum atomic E-state index is -0.742. The number of aromatic nitrogens is 1. The van der Waals surface area contributed by atoms with Gasteiger partial charge in [0.15, 0.2) is 5.82 Å². The molecule has 0 saturated heterocycles. The molecule has 0 bridgehead atoms. The van der Waals surface area contributed by atoms with E-state index in [1.54, 1.807) is 12.3 Å². The Morgan fingerprint density at radius 3 is 2.93 bits per heavy atom. The molecule has 0 aliphatic carbocycles. The van der Waals surface area contributed by atoms with E-state index in [1.807, 2.05) is 13.0 Å². The molecule has 1 aromatic heterocycles. The number of carbonyl (C=O) groups excluding carboxylic acids is 1. The number of aryl methyl sites for hydroxylation is 1. The van der Waals surface area contributed by atoms with E-state index in [9.17, 15) is 4.79 Å². The molecule has 5 heteroatoms. The Hall–Kier alpha value is -2.17. The average molecular weight is 205 g/mol. The topological polar surface area (TPSA) is 88.6 Å². The first-order chi connectivity index (χ1) is 7.13. The summed E-state index contributed by atoms with van der Waals surface area (Å²) in [5.41, 5.74) is 5.90. The fraction of sp³-hybridized carbons (Fsp3) is 0.100. The Kier molecular flexibility index (Phi) is 3.56. The van der Waals surface area contributed by atoms with E-state index >= 15 is 0 Å². The predicted octanol–water partition coefficient (Wildman–Crippen LogP) is 1.02. The first-order valence-electron chi connectivity index (χ1n) is 4.24. The van der Waals surface area contributed by atoms with Crippen LogP contribution in [0.25, 0.3) is 0 Å². The van der Waals surface area contributed by atoms with Gasteiger partial charge in [-0.05, 0) is 24.6 Å². The zero-order chi connectivity index (χ0) is 11.3. The molecular formula is C10H11N3O2. The molecule has 0 aliphatic rings. The lowest BCUT2D eigenvalue weighted by Crippen LogP contribution is -2.14. The summed E-state index contributed by atoms with van der Waals surface area (Å²) in [4.78, 5) is 18.5. The smallest absolute Gasteiger partial charge is 0.253 e. The molecule has 0 atom stereocenters. The van der Waals surface area contributed by atoms with Crippen molar-refractivity contribution in [1.29, 1.82) is 0 Å². The SMILES string of the molecule is Cc1ccnc(N=C/C(=C/O)C(N)=O)c1. The summed E-state index contributed by atoms with van der Waals surface area (Å²) in [5.74, 6) is -0.287. The Bertz CT molecular complexity index is 424. The summed E-state index contributed by atoms with van der Waals surface area (Å²) in [7, 11) is 0. The van der Waals surface area contributed by atoms with Gasteiger partial charge in [-0.25, -0.2) is 9.98 Å². The minimum absolute atomic E-state index is 0.0710. The van der Waals surface area contributed by atoms with Crippen LogP contribution in [0.5, 0.6) is 0 Å². The van der Waals surface area contributed by atoms with Crippen LogP contribution < -0.4 is 5.73 Å². The number of carbonyl (C=O) groups is 1. The van der Waals surface area contributed by atoms with Crippen molar-refractivity contribution in [1.82, 2.24) is 4.98 Å². The maximum Gasteiger partial charge on any atom is 0.253 e. The molecule has 1 aromatic rings. The van der Waals surface area contributed by atoms with Crippen molar-refractivity contribution in [2.75, 3.05) is 0 Å². The second-order valence-corrected chi connectivity index (χ2v) is 2.90. The number of aliphatic hydroxyl groups is 1. The summed E-state index contributed by atoms with van der Waals surface area (Å²) < 4.78 is 0. The first-order valence-corrected chi connectivity index (χ1v) is 4.24. The van der Waals surface area contributed by atoms with Crippen LogP contribution in [0.1, 0.15) is 5.56 Å². The van der Waals surface area contributed by atoms with E-state index in [1.165, 1.54) is 6.21 Å². The summed E-state index contributed by atoms with van der Waals surface area (Å²) in [6.45, 7) is 1.90. The summed E-state index contributed by atoms with van der Waals surface area (Å²) in [6, 6.07) is 3.57. The molecule has 5 nitrogen and oxygen atoms in total. The first kappa shape index (κ1) is 10.9. The van der Waals surface area contributed by atoms with Gasteiger partial charge in [-0.1, -0.05) is 0 Å². The van der Waals surface area contributed by atoms with E-state index in [4.69, 9.17) is 10.8 Å². The Balaban J connectivity index is 2.86. The molecule has 0 radical (unpaired) electrons. The van der Waals surface area contributed by atoms with Gasteiger partial charge in [0.2, 0.25) is 0 Å². The highest BCUT2D eigenvalue weighted by Crippen LogP contribution is 2.08. The number of aliphatic imine (C=N–C) groups is 1. The summed E-state index contributed by atoms with van der Waals surface area (Å²) in [5, 5.41) is 8.65. The lowest BCUT2D eigenvalue weighted by Gasteiger charge is -1.95. The Morgan fingerprint density at radius 1 is 1.67 bits per heavy atom. The van der Waals surface area contributed by atoms with Crippen molar-refractivity contribution in [3.05, 3.63) is 35.7 Å². The van der Waals surface area contributed by atoms with Crippen molar-refractivity contribution >= 4 is 17.9 Å². The molecule has 1 heterocycles. The van der Waals surface area contributed by atoms with E-state index in [-0.39, 0.29) is 5.57 Å². The Morgan fingerprint density at radius 2 is 2.40 bits per heavy atom. The zero-order valence-corrected chi connectivity index (χ0v) is 8.21. The van der Waals surface area contributed by atoms with Crippen LogP contribution in [-0.2, 0) is 4.79 Å². The van der Waals surface area contributed by atoms with Crippen molar-refractivity contribution in [3.63, 3.8) is 0 Å². The maximum absolute atomic E-state index is 10.7. The molecule has 3 N–H and O–H groups in total. The number of pyridine rings is 1. The monoisotopic (exact) mass is 205 g/mol. The van der Waals surface area contributed by atoms with Gasteiger partial charge in [-0.2, -0.15) is 0 Å². The number of nitrogens with zero attached hydrogens (tertiary/aromatic N) is 2. The third-order valence-electron chi connectivity index (χ3n) is 1.66. The van der Waals surface area contributed by atoms with Crippen LogP contribution in [0.15, 0.2) is 35.2 Å². The molecule has 15 heavy (non-hydrogen) atoms. The van der Waals surface area contributed by atoms with Crippen LogP contribution in [0.2, 0.25) is 0 Å². The van der Waals surface area contributed by atoms with Crippen LogP contribution in [0.3, 0.4) is 0 Å². The van der Waals surface area contributed by atoms with Gasteiger partial charge in [-0.3, -0.25) is 4.79 Å². The van der Waals surface area contributed by atoms with Gasteiger partial charge in [0.25, 0.3) is 5.91 Å². The molecule has 0 unspecified atom stereocenters. The van der Waals surface area contributed by atoms with Crippen LogP contribution >= 0.6 is 0 Å². The maximum atomic E-state index is 10.7. The number of rotatable bonds is 3. The van der Waals surface area contributed by atoms with Crippen molar-refractivity contribution in [2.45, 2.75) is 6.92 Å². The molecule has 0 fully saturated rings. The normalized spacial score (nSPS) is 11.9. The molecule has 78 valence electrons. The number of amides is 1. The number of nitrogens with two attached hydrogens (primary N) is 1. The highest BCUT2D eigenvalue weighted by molar-refractivity contribution is 6.11. The molecular weight excluding hydrogens is 194 g/mol. The lowest BCUT2D eigenvalue weighted by molar-refractivity contribution is -0.114. The van der Waals surface area contributed by atoms with Gasteiger partial charge in [0, 0.05) is 12.4 Å². The van der Waals surface area contributed by atoms with E-state index in [0.29, 0.717) is 12.1 Å². The minimum Gasteiger partial charge on any atom is -0.515 e. The second kappa shape index (κ2) is 4.90. The quantitative estimate of drug-likeness (QED) is 0.438. The van der Waals surface area contributed by atoms with Crippen LogP contribution in [-0.4, -0.2) is 22.2 Å². The molecule has 0 aliphatic heterocycles. The summed E-state index contributed by atoms with van der Waals surface area (Å²) in [6.07, 6.45) is 3.39. The lowest BCUT2D eigenvalue weighted by atomic mass is 10.3. The molecule has 1 amide bonds. The highest BCUT2D eigenvalue weighted by Gasteiger charge is 2.00. The average Bonchev–Trinajstić information content (AvgIpc) is 2.18. The fourth-order valence-corrected chi connectivity index (χ4v) is 0.887. The van der Waals surface area contributed by atoms with Gasteiger partial charge in [0.05, 0.1) is 11.8 Å². The largest absolute Gasteiger partial charge is 0.515 e. The zero-order valence-electron chi connectivity index (χ0n) is 8.21. The molecule has 0 spiro atoms. The standard InChI is InChI=1S/C10H11N3O2/c1-7-2-3-12-9(4-7)13-5-8(6-14)10(11)15/h2-6,14H,1H3,(H2,11,15)/b8-6-,13-5?. The fourth-order valence-electron chi connectivity index (χ4n) is 0.887. The Labute approximate surface area is 87.0 Å². The third-order valence-corrected chi connectivity index (χ3v) is 1.66. The predicted molar refractivity (Wildman–Crippen MR) is 57.0 cm³/mol. The van der Waals surface area contributed by atoms with E-state index in [0.717, 1.165) is 5.56 Å². The van der Waals surface area contributed by atoms with E-state index in [2.05, 4.69) is 9.98 Å². The van der Waals surface area contributed by atoms with Gasteiger partial charge < -0.3 is 10.8 Å². The van der Waals surface area contributed by atoms with Crippen molar-refractivity contribution < 1.29 is 9.90 Å². The van der Waals surface area contributed by atoms with Gasteiger partial charge >= 0.3 is 0 Å². The third kappa shape index (κ3) is 3.22. The van der Waals surface area contributed by atoms with Gasteiger partial charge in [-0.15, -0.1) is 0 Å². The molecule has 0 aromatic carbocycles. The van der Waals surface area contributed by atoms with Crippen molar-refractivity contribution in [2.24, 2.45) is 10.7 Å². The number of aliphatic hydroxyl groups excluding tert-OH is 1. The molecule has 1 rings (SSSR count). The van der Waals surface area contributed by atoms with Crippen LogP contribution in [0.4, 0.5) is 5.82 Å². The second-order valence-electron chi connectivity index (χ2n) is 2.90. The summed E-state index contributed by atoms with van der Waals surface area (Å²) >= 11 is 0. The number of hydrogen-bond acceptors (Lipinski definition) is 4. The number of hydrogen-bond donors (Lipinski definition) is 2. The van der Waals surface area contributed by atoms with Crippen LogP contribution in [0, 0.1) is 6.92 Å². The van der Waals surface area contributed by atoms with E-state index < -0.39 is 5.91 Å². The van der Waals surface area contributed by atoms with Crippen molar-refractivity contribution in [3.8, 4) is 0 Å². The highest BCUT2D eigenvalue weighted by atomic mass is 16.2. The number of primary amides is 1. The molecule has 0 saturated carbocycles.